The van der Waals surface area contributed by atoms with Gasteiger partial charge in [0.2, 0.25) is 5.91 Å². The summed E-state index contributed by atoms with van der Waals surface area (Å²) in [6.45, 7) is 3.27. The molecule has 0 bridgehead atoms. The van der Waals surface area contributed by atoms with Crippen LogP contribution >= 0.6 is 11.6 Å². The molecule has 2 aromatic rings. The first-order chi connectivity index (χ1) is 12.3. The van der Waals surface area contributed by atoms with Crippen LogP contribution in [0.5, 0.6) is 0 Å². The molecule has 0 saturated heterocycles. The predicted molar refractivity (Wildman–Crippen MR) is 98.4 cm³/mol. The molecule has 2 aromatic carbocycles. The molecule has 2 rings (SSSR count). The molecule has 0 aliphatic rings. The van der Waals surface area contributed by atoms with E-state index in [1.807, 2.05) is 0 Å². The van der Waals surface area contributed by atoms with Crippen LogP contribution in [0.4, 0.5) is 14.5 Å². The number of alkyl halides is 1. The highest BCUT2D eigenvalue weighted by atomic mass is 35.5. The number of carbonyl (C=O) groups is 2. The second-order valence-corrected chi connectivity index (χ2v) is 6.72. The molecule has 0 saturated carbocycles. The summed E-state index contributed by atoms with van der Waals surface area (Å²) in [7, 11) is 0. The summed E-state index contributed by atoms with van der Waals surface area (Å²) < 4.78 is 26.2. The maximum absolute atomic E-state index is 13.2. The lowest BCUT2D eigenvalue weighted by Crippen LogP contribution is -2.54. The molecule has 0 atom stereocenters. The summed E-state index contributed by atoms with van der Waals surface area (Å²) in [5.41, 5.74) is 0.0637. The zero-order valence-corrected chi connectivity index (χ0v) is 15.4. The van der Waals surface area contributed by atoms with Crippen molar-refractivity contribution in [3.8, 4) is 0 Å². The molecular formula is C20H20ClF2NO2. The first kappa shape index (κ1) is 20.0. The number of halogens is 3. The van der Waals surface area contributed by atoms with E-state index in [-0.39, 0.29) is 23.9 Å². The van der Waals surface area contributed by atoms with Gasteiger partial charge in [0.05, 0.1) is 0 Å². The van der Waals surface area contributed by atoms with E-state index in [1.54, 1.807) is 26.0 Å². The fraction of sp³-hybridized carbons (Fsp3) is 0.300. The third-order valence-corrected chi connectivity index (χ3v) is 4.47. The largest absolute Gasteiger partial charge is 0.299 e. The van der Waals surface area contributed by atoms with Gasteiger partial charge in [-0.15, -0.1) is 11.6 Å². The fourth-order valence-corrected chi connectivity index (χ4v) is 2.89. The third kappa shape index (κ3) is 4.67. The van der Waals surface area contributed by atoms with Crippen molar-refractivity contribution in [3.63, 3.8) is 0 Å². The minimum Gasteiger partial charge on any atom is -0.299 e. The van der Waals surface area contributed by atoms with E-state index < -0.39 is 17.3 Å². The molecule has 0 aromatic heterocycles. The smallest absolute Gasteiger partial charge is 0.242 e. The van der Waals surface area contributed by atoms with Crippen LogP contribution in [0.15, 0.2) is 48.5 Å². The Morgan fingerprint density at radius 3 is 1.96 bits per heavy atom. The molecule has 26 heavy (non-hydrogen) atoms. The molecule has 3 nitrogen and oxygen atoms in total. The number of nitrogens with zero attached hydrogens (tertiary/aromatic N) is 1. The van der Waals surface area contributed by atoms with E-state index in [2.05, 4.69) is 0 Å². The average Bonchev–Trinajstić information content (AvgIpc) is 2.62. The number of Topliss-reactive ketones (excluding diaryl/α,β-unsaturated/α-hetero) is 1. The zero-order chi connectivity index (χ0) is 19.3. The van der Waals surface area contributed by atoms with Gasteiger partial charge in [0.1, 0.15) is 23.1 Å². The highest BCUT2D eigenvalue weighted by Crippen LogP contribution is 2.27. The number of hydrogen-bond donors (Lipinski definition) is 0. The molecule has 0 radical (unpaired) electrons. The molecular weight excluding hydrogens is 360 g/mol. The molecule has 1 amide bonds. The van der Waals surface area contributed by atoms with Crippen LogP contribution in [0.2, 0.25) is 0 Å². The van der Waals surface area contributed by atoms with Gasteiger partial charge >= 0.3 is 0 Å². The lowest BCUT2D eigenvalue weighted by atomic mass is 9.91. The summed E-state index contributed by atoms with van der Waals surface area (Å²) >= 11 is 5.71. The average molecular weight is 380 g/mol. The highest BCUT2D eigenvalue weighted by molar-refractivity contribution is 6.30. The molecule has 0 unspecified atom stereocenters. The van der Waals surface area contributed by atoms with Crippen molar-refractivity contribution >= 4 is 29.0 Å². The summed E-state index contributed by atoms with van der Waals surface area (Å²) in [6.07, 6.45) is 0.598. The van der Waals surface area contributed by atoms with Crippen LogP contribution < -0.4 is 4.90 Å². The SMILES string of the molecule is CC(C)(C(=O)CCc1ccc(F)cc1)N(C(=O)CCl)c1ccc(F)cc1. The number of amides is 1. The van der Waals surface area contributed by atoms with Crippen molar-refractivity contribution in [2.75, 3.05) is 10.8 Å². The van der Waals surface area contributed by atoms with Crippen molar-refractivity contribution in [1.82, 2.24) is 0 Å². The predicted octanol–water partition coefficient (Wildman–Crippen LogP) is 4.52. The fourth-order valence-electron chi connectivity index (χ4n) is 2.77. The van der Waals surface area contributed by atoms with E-state index in [1.165, 1.54) is 41.3 Å². The van der Waals surface area contributed by atoms with Crippen LogP contribution in [0, 0.1) is 11.6 Å². The Kier molecular flexibility index (Phi) is 6.48. The van der Waals surface area contributed by atoms with Gasteiger partial charge in [-0.1, -0.05) is 12.1 Å². The van der Waals surface area contributed by atoms with Gasteiger partial charge in [0, 0.05) is 12.1 Å². The topological polar surface area (TPSA) is 37.4 Å². The maximum Gasteiger partial charge on any atom is 0.242 e. The molecule has 0 aliphatic carbocycles. The molecule has 6 heteroatoms. The number of anilines is 1. The summed E-state index contributed by atoms with van der Waals surface area (Å²) in [6, 6.07) is 11.3. The van der Waals surface area contributed by atoms with Crippen LogP contribution in [-0.4, -0.2) is 23.1 Å². The quantitative estimate of drug-likeness (QED) is 0.663. The van der Waals surface area contributed by atoms with Crippen LogP contribution in [-0.2, 0) is 16.0 Å². The Balaban J connectivity index is 2.21. The van der Waals surface area contributed by atoms with Crippen molar-refractivity contribution < 1.29 is 18.4 Å². The van der Waals surface area contributed by atoms with Crippen molar-refractivity contribution in [2.24, 2.45) is 0 Å². The Labute approximate surface area is 156 Å². The number of hydrogen-bond acceptors (Lipinski definition) is 2. The summed E-state index contributed by atoms with van der Waals surface area (Å²) in [5.74, 6) is -1.70. The van der Waals surface area contributed by atoms with Crippen LogP contribution in [0.1, 0.15) is 25.8 Å². The van der Waals surface area contributed by atoms with E-state index >= 15 is 0 Å². The minimum atomic E-state index is -1.16. The van der Waals surface area contributed by atoms with E-state index in [0.29, 0.717) is 12.1 Å². The molecule has 0 aliphatic heterocycles. The van der Waals surface area contributed by atoms with Crippen molar-refractivity contribution in [3.05, 3.63) is 65.7 Å². The number of aryl methyl sites for hydroxylation is 1. The molecule has 0 fully saturated rings. The number of rotatable bonds is 7. The number of carbonyl (C=O) groups excluding carboxylic acids is 2. The van der Waals surface area contributed by atoms with Crippen molar-refractivity contribution in [2.45, 2.75) is 32.2 Å². The highest BCUT2D eigenvalue weighted by Gasteiger charge is 2.37. The standard InChI is InChI=1S/C20H20ClF2NO2/c1-20(2,18(25)12-5-14-3-6-15(22)7-4-14)24(19(26)13-21)17-10-8-16(23)9-11-17/h3-4,6-11H,5,12-13H2,1-2H3. The lowest BCUT2D eigenvalue weighted by Gasteiger charge is -2.37. The van der Waals surface area contributed by atoms with Crippen molar-refractivity contribution in [1.29, 1.82) is 0 Å². The number of benzene rings is 2. The Morgan fingerprint density at radius 2 is 1.46 bits per heavy atom. The van der Waals surface area contributed by atoms with Gasteiger partial charge in [-0.05, 0) is 62.2 Å². The van der Waals surface area contributed by atoms with Gasteiger partial charge in [-0.2, -0.15) is 0 Å². The van der Waals surface area contributed by atoms with Gasteiger partial charge in [-0.3, -0.25) is 14.5 Å². The van der Waals surface area contributed by atoms with Gasteiger partial charge in [0.25, 0.3) is 0 Å². The molecule has 0 N–H and O–H groups in total. The van der Waals surface area contributed by atoms with E-state index in [9.17, 15) is 18.4 Å². The Bertz CT molecular complexity index is 773. The first-order valence-corrected chi connectivity index (χ1v) is 8.71. The van der Waals surface area contributed by atoms with Crippen LogP contribution in [0.3, 0.4) is 0 Å². The summed E-state index contributed by atoms with van der Waals surface area (Å²) in [4.78, 5) is 26.5. The van der Waals surface area contributed by atoms with E-state index in [0.717, 1.165) is 5.56 Å². The third-order valence-electron chi connectivity index (χ3n) is 4.24. The first-order valence-electron chi connectivity index (χ1n) is 8.18. The monoisotopic (exact) mass is 379 g/mol. The molecule has 0 heterocycles. The normalized spacial score (nSPS) is 11.3. The molecule has 0 spiro atoms. The Hall–Kier alpha value is -2.27. The van der Waals surface area contributed by atoms with Gasteiger partial charge in [-0.25, -0.2) is 8.78 Å². The summed E-state index contributed by atoms with van der Waals surface area (Å²) in [5, 5.41) is 0. The zero-order valence-electron chi connectivity index (χ0n) is 14.6. The van der Waals surface area contributed by atoms with Gasteiger partial charge in [0.15, 0.2) is 5.78 Å². The van der Waals surface area contributed by atoms with Crippen LogP contribution in [0.25, 0.3) is 0 Å². The minimum absolute atomic E-state index is 0.173. The lowest BCUT2D eigenvalue weighted by molar-refractivity contribution is -0.127. The second kappa shape index (κ2) is 8.41. The van der Waals surface area contributed by atoms with Gasteiger partial charge < -0.3 is 0 Å². The second-order valence-electron chi connectivity index (χ2n) is 6.45. The Morgan fingerprint density at radius 1 is 0.962 bits per heavy atom. The maximum atomic E-state index is 13.2. The van der Waals surface area contributed by atoms with E-state index in [4.69, 9.17) is 11.6 Å². The number of ketones is 1. The molecule has 138 valence electrons.